The molecule has 2 aromatic carbocycles. The van der Waals surface area contributed by atoms with Crippen molar-refractivity contribution in [1.29, 1.82) is 0 Å². The molecule has 2 rings (SSSR count). The minimum atomic E-state index is -0.00796. The van der Waals surface area contributed by atoms with Crippen molar-refractivity contribution >= 4 is 0 Å². The quantitative estimate of drug-likeness (QED) is 0.842. The third kappa shape index (κ3) is 3.16. The third-order valence-electron chi connectivity index (χ3n) is 2.96. The molecule has 0 fully saturated rings. The number of benzene rings is 2. The molecule has 2 atom stereocenters. The van der Waals surface area contributed by atoms with E-state index in [2.05, 4.69) is 0 Å². The average Bonchev–Trinajstić information content (AvgIpc) is 2.40. The van der Waals surface area contributed by atoms with Gasteiger partial charge in [-0.05, 0) is 17.5 Å². The van der Waals surface area contributed by atoms with Crippen LogP contribution in [0.15, 0.2) is 60.7 Å². The van der Waals surface area contributed by atoms with Gasteiger partial charge in [0.25, 0.3) is 0 Å². The van der Waals surface area contributed by atoms with Crippen LogP contribution < -0.4 is 11.5 Å². The number of nitrogens with two attached hydrogens (primary N) is 2. The van der Waals surface area contributed by atoms with Gasteiger partial charge in [0.1, 0.15) is 0 Å². The maximum atomic E-state index is 6.15. The lowest BCUT2D eigenvalue weighted by atomic mass is 9.96. The second-order valence-electron chi connectivity index (χ2n) is 4.27. The molecular formula is C15H18N2. The Bertz CT molecular complexity index is 395. The van der Waals surface area contributed by atoms with Crippen molar-refractivity contribution in [2.75, 3.05) is 0 Å². The maximum Gasteiger partial charge on any atom is 0.0313 e. The van der Waals surface area contributed by atoms with E-state index in [0.29, 0.717) is 0 Å². The summed E-state index contributed by atoms with van der Waals surface area (Å²) in [5.74, 6) is 0. The van der Waals surface area contributed by atoms with Gasteiger partial charge in [0.15, 0.2) is 0 Å². The fourth-order valence-corrected chi connectivity index (χ4v) is 1.95. The Labute approximate surface area is 102 Å². The zero-order valence-corrected chi connectivity index (χ0v) is 9.79. The first-order chi connectivity index (χ1) is 8.27. The van der Waals surface area contributed by atoms with Gasteiger partial charge in [-0.3, -0.25) is 0 Å². The molecule has 0 radical (unpaired) electrons. The van der Waals surface area contributed by atoms with E-state index in [1.165, 1.54) is 0 Å². The van der Waals surface area contributed by atoms with Gasteiger partial charge < -0.3 is 11.5 Å². The standard InChI is InChI=1S/C15H18N2/c16-14(12-7-3-1-4-8-12)11-15(17)13-9-5-2-6-10-13/h1-10,14-15H,11,16-17H2/t14-,15-/m1/s1. The second-order valence-corrected chi connectivity index (χ2v) is 4.27. The molecule has 0 aliphatic rings. The van der Waals surface area contributed by atoms with E-state index >= 15 is 0 Å². The number of hydrogen-bond acceptors (Lipinski definition) is 2. The third-order valence-corrected chi connectivity index (χ3v) is 2.96. The molecule has 0 saturated carbocycles. The lowest BCUT2D eigenvalue weighted by Gasteiger charge is -2.18. The van der Waals surface area contributed by atoms with E-state index in [9.17, 15) is 0 Å². The zero-order valence-electron chi connectivity index (χ0n) is 9.79. The summed E-state index contributed by atoms with van der Waals surface area (Å²) in [5.41, 5.74) is 14.6. The van der Waals surface area contributed by atoms with Crippen LogP contribution in [0.2, 0.25) is 0 Å². The molecule has 4 N–H and O–H groups in total. The molecular weight excluding hydrogens is 208 g/mol. The zero-order chi connectivity index (χ0) is 12.1. The molecule has 0 aromatic heterocycles. The molecule has 0 amide bonds. The summed E-state index contributed by atoms with van der Waals surface area (Å²) in [6.45, 7) is 0. The topological polar surface area (TPSA) is 52.0 Å². The van der Waals surface area contributed by atoms with Gasteiger partial charge in [0.05, 0.1) is 0 Å². The van der Waals surface area contributed by atoms with Gasteiger partial charge in [-0.15, -0.1) is 0 Å². The molecule has 88 valence electrons. The monoisotopic (exact) mass is 226 g/mol. The summed E-state index contributed by atoms with van der Waals surface area (Å²) < 4.78 is 0. The largest absolute Gasteiger partial charge is 0.324 e. The van der Waals surface area contributed by atoms with Gasteiger partial charge in [0.2, 0.25) is 0 Å². The Balaban J connectivity index is 2.02. The molecule has 0 aliphatic heterocycles. The lowest BCUT2D eigenvalue weighted by molar-refractivity contribution is 0.557. The lowest BCUT2D eigenvalue weighted by Crippen LogP contribution is -2.19. The molecule has 0 aliphatic carbocycles. The van der Waals surface area contributed by atoms with Gasteiger partial charge in [-0.1, -0.05) is 60.7 Å². The van der Waals surface area contributed by atoms with E-state index in [1.54, 1.807) is 0 Å². The van der Waals surface area contributed by atoms with E-state index < -0.39 is 0 Å². The van der Waals surface area contributed by atoms with Gasteiger partial charge in [-0.2, -0.15) is 0 Å². The van der Waals surface area contributed by atoms with E-state index in [-0.39, 0.29) is 12.1 Å². The Hall–Kier alpha value is -1.64. The summed E-state index contributed by atoms with van der Waals surface area (Å²) in [6.07, 6.45) is 0.758. The fourth-order valence-electron chi connectivity index (χ4n) is 1.95. The van der Waals surface area contributed by atoms with E-state index in [0.717, 1.165) is 17.5 Å². The smallest absolute Gasteiger partial charge is 0.0313 e. The van der Waals surface area contributed by atoms with Crippen LogP contribution in [0, 0.1) is 0 Å². The number of rotatable bonds is 4. The van der Waals surface area contributed by atoms with Crippen molar-refractivity contribution < 1.29 is 0 Å². The van der Waals surface area contributed by atoms with Crippen LogP contribution >= 0.6 is 0 Å². The van der Waals surface area contributed by atoms with Crippen LogP contribution in [0.25, 0.3) is 0 Å². The molecule has 17 heavy (non-hydrogen) atoms. The Kier molecular flexibility index (Phi) is 3.91. The van der Waals surface area contributed by atoms with Crippen molar-refractivity contribution in [3.63, 3.8) is 0 Å². The van der Waals surface area contributed by atoms with Crippen molar-refractivity contribution in [3.05, 3.63) is 71.8 Å². The van der Waals surface area contributed by atoms with Crippen molar-refractivity contribution in [2.45, 2.75) is 18.5 Å². The van der Waals surface area contributed by atoms with E-state index in [4.69, 9.17) is 11.5 Å². The molecule has 0 saturated heterocycles. The highest BCUT2D eigenvalue weighted by atomic mass is 14.7. The first-order valence-corrected chi connectivity index (χ1v) is 5.88. The summed E-state index contributed by atoms with van der Waals surface area (Å²) >= 11 is 0. The predicted molar refractivity (Wildman–Crippen MR) is 71.4 cm³/mol. The molecule has 2 nitrogen and oxygen atoms in total. The van der Waals surface area contributed by atoms with Crippen LogP contribution in [0.3, 0.4) is 0 Å². The van der Waals surface area contributed by atoms with Crippen LogP contribution in [0.4, 0.5) is 0 Å². The average molecular weight is 226 g/mol. The van der Waals surface area contributed by atoms with Crippen molar-refractivity contribution in [2.24, 2.45) is 11.5 Å². The SMILES string of the molecule is N[C@H](C[C@@H](N)c1ccccc1)c1ccccc1. The molecule has 2 heteroatoms. The molecule has 0 heterocycles. The molecule has 0 unspecified atom stereocenters. The minimum Gasteiger partial charge on any atom is -0.324 e. The van der Waals surface area contributed by atoms with Crippen molar-refractivity contribution in [1.82, 2.24) is 0 Å². The molecule has 2 aromatic rings. The fraction of sp³-hybridized carbons (Fsp3) is 0.200. The first kappa shape index (κ1) is 11.8. The second kappa shape index (κ2) is 5.62. The molecule has 0 spiro atoms. The van der Waals surface area contributed by atoms with Crippen LogP contribution in [0.5, 0.6) is 0 Å². The predicted octanol–water partition coefficient (Wildman–Crippen LogP) is 2.78. The van der Waals surface area contributed by atoms with Crippen LogP contribution in [0.1, 0.15) is 29.6 Å². The van der Waals surface area contributed by atoms with Gasteiger partial charge >= 0.3 is 0 Å². The maximum absolute atomic E-state index is 6.15. The number of hydrogen-bond donors (Lipinski definition) is 2. The normalized spacial score (nSPS) is 14.2. The van der Waals surface area contributed by atoms with E-state index in [1.807, 2.05) is 60.7 Å². The Morgan fingerprint density at radius 1 is 0.647 bits per heavy atom. The van der Waals surface area contributed by atoms with Gasteiger partial charge in [-0.25, -0.2) is 0 Å². The highest BCUT2D eigenvalue weighted by Crippen LogP contribution is 2.22. The van der Waals surface area contributed by atoms with Gasteiger partial charge in [0, 0.05) is 12.1 Å². The first-order valence-electron chi connectivity index (χ1n) is 5.88. The summed E-state index contributed by atoms with van der Waals surface area (Å²) in [5, 5.41) is 0. The minimum absolute atomic E-state index is 0.00796. The highest BCUT2D eigenvalue weighted by Gasteiger charge is 2.12. The highest BCUT2D eigenvalue weighted by molar-refractivity contribution is 5.22. The van der Waals surface area contributed by atoms with Crippen molar-refractivity contribution in [3.8, 4) is 0 Å². The summed E-state index contributed by atoms with van der Waals surface area (Å²) in [4.78, 5) is 0. The Morgan fingerprint density at radius 3 is 1.35 bits per heavy atom. The summed E-state index contributed by atoms with van der Waals surface area (Å²) in [6, 6.07) is 20.2. The summed E-state index contributed by atoms with van der Waals surface area (Å²) in [7, 11) is 0. The van der Waals surface area contributed by atoms with Crippen LogP contribution in [-0.4, -0.2) is 0 Å². The Morgan fingerprint density at radius 2 is 1.00 bits per heavy atom. The van der Waals surface area contributed by atoms with Crippen LogP contribution in [-0.2, 0) is 0 Å². The molecule has 0 bridgehead atoms.